The number of nitrogens with one attached hydrogen (secondary N) is 1. The Morgan fingerprint density at radius 2 is 2.60 bits per heavy atom. The van der Waals surface area contributed by atoms with Crippen molar-refractivity contribution in [2.75, 3.05) is 20.3 Å². The van der Waals surface area contributed by atoms with E-state index >= 15 is 0 Å². The Bertz CT molecular complexity index is 187. The molecule has 1 aliphatic rings. The average Bonchev–Trinajstić information content (AvgIpc) is 2.34. The first-order valence-corrected chi connectivity index (χ1v) is 2.85. The molecule has 10 heavy (non-hydrogen) atoms. The number of ether oxygens (including phenoxy) is 1. The fourth-order valence-corrected chi connectivity index (χ4v) is 0.751. The first-order chi connectivity index (χ1) is 4.75. The van der Waals surface area contributed by atoms with Crippen LogP contribution in [0.1, 0.15) is 0 Å². The van der Waals surface area contributed by atoms with E-state index in [1.54, 1.807) is 0 Å². The van der Waals surface area contributed by atoms with Crippen LogP contribution >= 0.6 is 0 Å². The van der Waals surface area contributed by atoms with Gasteiger partial charge in [0.1, 0.15) is 0 Å². The first kappa shape index (κ1) is 7.01. The second-order valence-corrected chi connectivity index (χ2v) is 1.90. The van der Waals surface area contributed by atoms with Crippen molar-refractivity contribution in [3.63, 3.8) is 0 Å². The van der Waals surface area contributed by atoms with Crippen molar-refractivity contribution in [1.82, 2.24) is 5.32 Å². The lowest BCUT2D eigenvalue weighted by atomic mass is 10.4. The normalized spacial score (nSPS) is 17.7. The van der Waals surface area contributed by atoms with E-state index in [1.165, 1.54) is 7.11 Å². The van der Waals surface area contributed by atoms with Gasteiger partial charge in [-0.05, 0) is 0 Å². The third-order valence-corrected chi connectivity index (χ3v) is 1.27. The van der Waals surface area contributed by atoms with Crippen LogP contribution in [0.4, 0.5) is 0 Å². The summed E-state index contributed by atoms with van der Waals surface area (Å²) in [4.78, 5) is 10.7. The highest BCUT2D eigenvalue weighted by atomic mass is 16.5. The number of rotatable bonds is 1. The highest BCUT2D eigenvalue weighted by Gasteiger charge is 2.25. The van der Waals surface area contributed by atoms with Gasteiger partial charge in [0.15, 0.2) is 0 Å². The van der Waals surface area contributed by atoms with E-state index in [9.17, 15) is 10.0 Å². The number of hydroxylamine groups is 1. The largest absolute Gasteiger partial charge is 0.622 e. The molecule has 0 aromatic carbocycles. The summed E-state index contributed by atoms with van der Waals surface area (Å²) >= 11 is 0. The number of nitrogens with zero attached hydrogens (tertiary/aromatic N) is 1. The molecule has 0 bridgehead atoms. The number of methoxy groups -OCH3 is 1. The molecule has 0 saturated carbocycles. The summed E-state index contributed by atoms with van der Waals surface area (Å²) in [5, 5.41) is 13.4. The molecule has 1 heterocycles. The Kier molecular flexibility index (Phi) is 1.86. The van der Waals surface area contributed by atoms with Gasteiger partial charge in [-0.2, -0.15) is 4.74 Å². The van der Waals surface area contributed by atoms with Gasteiger partial charge in [-0.25, -0.2) is 4.79 Å². The summed E-state index contributed by atoms with van der Waals surface area (Å²) in [6.07, 6.45) is 0. The third-order valence-electron chi connectivity index (χ3n) is 1.27. The van der Waals surface area contributed by atoms with Gasteiger partial charge in [-0.1, -0.05) is 0 Å². The lowest BCUT2D eigenvalue weighted by Gasteiger charge is -1.97. The van der Waals surface area contributed by atoms with Crippen molar-refractivity contribution in [3.05, 3.63) is 5.21 Å². The first-order valence-electron chi connectivity index (χ1n) is 2.85. The van der Waals surface area contributed by atoms with Crippen LogP contribution in [0.5, 0.6) is 0 Å². The molecule has 0 saturated heterocycles. The van der Waals surface area contributed by atoms with E-state index in [4.69, 9.17) is 0 Å². The minimum atomic E-state index is -0.556. The molecule has 0 atom stereocenters. The molecule has 5 nitrogen and oxygen atoms in total. The molecule has 1 rings (SSSR count). The number of esters is 1. The van der Waals surface area contributed by atoms with E-state index in [0.29, 0.717) is 11.3 Å². The topological polar surface area (TPSA) is 64.4 Å². The molecule has 5 heteroatoms. The SMILES string of the molecule is COC(=O)C1=[N+]([O-])CNC1. The summed E-state index contributed by atoms with van der Waals surface area (Å²) in [6, 6.07) is 0. The Labute approximate surface area is 57.9 Å². The molecule has 1 aliphatic heterocycles. The van der Waals surface area contributed by atoms with Crippen molar-refractivity contribution in [3.8, 4) is 0 Å². The standard InChI is InChI=1S/C5H8N2O3/c1-10-5(8)4-2-6-3-7(4)9/h6H,2-3H2,1H3. The fourth-order valence-electron chi connectivity index (χ4n) is 0.751. The summed E-state index contributed by atoms with van der Waals surface area (Å²) in [7, 11) is 1.25. The van der Waals surface area contributed by atoms with Gasteiger partial charge in [0.25, 0.3) is 5.71 Å². The molecule has 0 spiro atoms. The van der Waals surface area contributed by atoms with E-state index in [-0.39, 0.29) is 12.4 Å². The highest BCUT2D eigenvalue weighted by molar-refractivity contribution is 6.35. The highest BCUT2D eigenvalue weighted by Crippen LogP contribution is 1.88. The summed E-state index contributed by atoms with van der Waals surface area (Å²) in [5.41, 5.74) is 0.141. The van der Waals surface area contributed by atoms with Crippen LogP contribution in [0.2, 0.25) is 0 Å². The average molecular weight is 144 g/mol. The van der Waals surface area contributed by atoms with E-state index in [2.05, 4.69) is 10.1 Å². The minimum Gasteiger partial charge on any atom is -0.622 e. The van der Waals surface area contributed by atoms with Crippen LogP contribution in [-0.4, -0.2) is 36.7 Å². The van der Waals surface area contributed by atoms with Gasteiger partial charge in [0.05, 0.1) is 13.7 Å². The lowest BCUT2D eigenvalue weighted by molar-refractivity contribution is -0.452. The van der Waals surface area contributed by atoms with Crippen molar-refractivity contribution in [2.24, 2.45) is 0 Å². The second-order valence-electron chi connectivity index (χ2n) is 1.90. The van der Waals surface area contributed by atoms with Gasteiger partial charge in [0.2, 0.25) is 6.67 Å². The Morgan fingerprint density at radius 3 is 3.00 bits per heavy atom. The van der Waals surface area contributed by atoms with Crippen molar-refractivity contribution >= 4 is 11.7 Å². The fraction of sp³-hybridized carbons (Fsp3) is 0.600. The minimum absolute atomic E-state index is 0.141. The van der Waals surface area contributed by atoms with Crippen molar-refractivity contribution in [1.29, 1.82) is 0 Å². The van der Waals surface area contributed by atoms with E-state index in [1.807, 2.05) is 0 Å². The Hall–Kier alpha value is -1.10. The molecule has 1 N–H and O–H groups in total. The van der Waals surface area contributed by atoms with Gasteiger partial charge in [-0.3, -0.25) is 5.32 Å². The van der Waals surface area contributed by atoms with Crippen LogP contribution in [-0.2, 0) is 9.53 Å². The van der Waals surface area contributed by atoms with Crippen LogP contribution in [0, 0.1) is 5.21 Å². The quantitative estimate of drug-likeness (QED) is 0.281. The molecule has 0 aromatic rings. The predicted octanol–water partition coefficient (Wildman–Crippen LogP) is -1.33. The van der Waals surface area contributed by atoms with Gasteiger partial charge in [-0.15, -0.1) is 0 Å². The maximum absolute atomic E-state index is 10.7. The molecule has 0 fully saturated rings. The van der Waals surface area contributed by atoms with Crippen LogP contribution in [0.3, 0.4) is 0 Å². The van der Waals surface area contributed by atoms with Crippen LogP contribution < -0.4 is 5.32 Å². The number of carbonyl (C=O) groups excluding carboxylic acids is 1. The number of carbonyl (C=O) groups is 1. The molecule has 56 valence electrons. The third kappa shape index (κ3) is 1.08. The van der Waals surface area contributed by atoms with Gasteiger partial charge >= 0.3 is 5.97 Å². The van der Waals surface area contributed by atoms with Gasteiger partial charge in [0, 0.05) is 0 Å². The Balaban J connectivity index is 2.71. The number of hydrogen-bond donors (Lipinski definition) is 1. The second kappa shape index (κ2) is 2.66. The molecular weight excluding hydrogens is 136 g/mol. The maximum atomic E-state index is 10.7. The molecule has 0 amide bonds. The monoisotopic (exact) mass is 144 g/mol. The Morgan fingerprint density at radius 1 is 1.90 bits per heavy atom. The van der Waals surface area contributed by atoms with Crippen molar-refractivity contribution in [2.45, 2.75) is 0 Å². The van der Waals surface area contributed by atoms with E-state index < -0.39 is 5.97 Å². The van der Waals surface area contributed by atoms with Gasteiger partial charge < -0.3 is 9.94 Å². The number of hydrogen-bond acceptors (Lipinski definition) is 4. The summed E-state index contributed by atoms with van der Waals surface area (Å²) in [5.74, 6) is -0.556. The zero-order valence-corrected chi connectivity index (χ0v) is 5.59. The maximum Gasteiger partial charge on any atom is 0.401 e. The molecular formula is C5H8N2O3. The molecule has 0 radical (unpaired) electrons. The predicted molar refractivity (Wildman–Crippen MR) is 33.5 cm³/mol. The zero-order valence-electron chi connectivity index (χ0n) is 5.59. The molecule has 0 aliphatic carbocycles. The van der Waals surface area contributed by atoms with Crippen molar-refractivity contribution < 1.29 is 14.3 Å². The smallest absolute Gasteiger partial charge is 0.401 e. The molecule has 0 aromatic heterocycles. The van der Waals surface area contributed by atoms with E-state index in [0.717, 1.165) is 0 Å². The summed E-state index contributed by atoms with van der Waals surface area (Å²) < 4.78 is 4.94. The van der Waals surface area contributed by atoms with Crippen LogP contribution in [0.15, 0.2) is 0 Å². The molecule has 0 unspecified atom stereocenters. The van der Waals surface area contributed by atoms with Crippen LogP contribution in [0.25, 0.3) is 0 Å². The lowest BCUT2D eigenvalue weighted by Crippen LogP contribution is -2.24. The zero-order chi connectivity index (χ0) is 7.56. The summed E-state index contributed by atoms with van der Waals surface area (Å²) in [6.45, 7) is 0.473.